The Labute approximate surface area is 231 Å². The van der Waals surface area contributed by atoms with Crippen LogP contribution in [-0.4, -0.2) is 41.7 Å². The van der Waals surface area contributed by atoms with Crippen molar-refractivity contribution in [3.63, 3.8) is 0 Å². The van der Waals surface area contributed by atoms with Crippen LogP contribution in [0.25, 0.3) is 11.1 Å². The van der Waals surface area contributed by atoms with Gasteiger partial charge in [0.25, 0.3) is 5.91 Å². The molecular formula is C31H33F3N2O4. The summed E-state index contributed by atoms with van der Waals surface area (Å²) in [5.41, 5.74) is 1.93. The van der Waals surface area contributed by atoms with Crippen molar-refractivity contribution in [2.75, 3.05) is 6.61 Å². The molecule has 40 heavy (non-hydrogen) atoms. The Morgan fingerprint density at radius 2 is 1.52 bits per heavy atom. The highest BCUT2D eigenvalue weighted by molar-refractivity contribution is 5.95. The van der Waals surface area contributed by atoms with Gasteiger partial charge in [0.2, 0.25) is 5.91 Å². The van der Waals surface area contributed by atoms with Gasteiger partial charge in [0.15, 0.2) is 0 Å². The largest absolute Gasteiger partial charge is 0.390 e. The lowest BCUT2D eigenvalue weighted by molar-refractivity contribution is -0.124. The van der Waals surface area contributed by atoms with E-state index in [1.54, 1.807) is 0 Å². The van der Waals surface area contributed by atoms with E-state index in [1.807, 2.05) is 54.6 Å². The Morgan fingerprint density at radius 1 is 0.900 bits per heavy atom. The molecule has 0 bridgehead atoms. The molecule has 0 aromatic heterocycles. The van der Waals surface area contributed by atoms with Gasteiger partial charge in [0.05, 0.1) is 31.8 Å². The van der Waals surface area contributed by atoms with Gasteiger partial charge in [0, 0.05) is 18.2 Å². The summed E-state index contributed by atoms with van der Waals surface area (Å²) in [4.78, 5) is 25.3. The van der Waals surface area contributed by atoms with Crippen molar-refractivity contribution in [1.29, 1.82) is 0 Å². The fraction of sp³-hybridized carbons (Fsp3) is 0.355. The summed E-state index contributed by atoms with van der Waals surface area (Å²) >= 11 is 0. The molecule has 212 valence electrons. The van der Waals surface area contributed by atoms with Crippen molar-refractivity contribution in [1.82, 2.24) is 10.6 Å². The number of hydrogen-bond donors (Lipinski definition) is 3. The molecular weight excluding hydrogens is 521 g/mol. The number of carbonyl (C=O) groups excluding carboxylic acids is 2. The molecule has 4 rings (SSSR count). The standard InChI is InChI=1S/C31H33F3N2O4/c32-23-15-25(33)30(26(34)16-23)31(39)36-27(28(37)17-29(38)35-24-9-5-2-6-10-24)19-40-18-20-11-13-22(14-12-20)21-7-3-1-4-8-21/h1,3-4,7-8,11-16,24,27-28,37H,2,5-6,9-10,17-19H2,(H,35,38)(H,36,39)/t27-,28-/m0/s1. The lowest BCUT2D eigenvalue weighted by Gasteiger charge is -2.26. The minimum absolute atomic E-state index is 0.0269. The van der Waals surface area contributed by atoms with Crippen LogP contribution in [-0.2, 0) is 16.1 Å². The summed E-state index contributed by atoms with van der Waals surface area (Å²) in [6, 6.07) is 17.1. The van der Waals surface area contributed by atoms with Gasteiger partial charge < -0.3 is 20.5 Å². The second kappa shape index (κ2) is 14.1. The van der Waals surface area contributed by atoms with Gasteiger partial charge in [-0.1, -0.05) is 73.9 Å². The van der Waals surface area contributed by atoms with Crippen LogP contribution in [0.2, 0.25) is 0 Å². The normalized spacial score (nSPS) is 15.3. The maximum atomic E-state index is 14.2. The third-order valence-corrected chi connectivity index (χ3v) is 7.01. The molecule has 0 spiro atoms. The summed E-state index contributed by atoms with van der Waals surface area (Å²) in [6.07, 6.45) is 3.12. The fourth-order valence-corrected chi connectivity index (χ4v) is 4.84. The highest BCUT2D eigenvalue weighted by atomic mass is 19.1. The number of amides is 2. The van der Waals surface area contributed by atoms with E-state index < -0.39 is 47.0 Å². The molecule has 6 nitrogen and oxygen atoms in total. The van der Waals surface area contributed by atoms with E-state index in [0.29, 0.717) is 12.1 Å². The molecule has 1 fully saturated rings. The molecule has 0 radical (unpaired) electrons. The Balaban J connectivity index is 1.40. The molecule has 1 aliphatic rings. The number of benzene rings is 3. The summed E-state index contributed by atoms with van der Waals surface area (Å²) in [5, 5.41) is 16.1. The fourth-order valence-electron chi connectivity index (χ4n) is 4.84. The Kier molecular flexibility index (Phi) is 10.3. The average molecular weight is 555 g/mol. The van der Waals surface area contributed by atoms with Crippen molar-refractivity contribution >= 4 is 11.8 Å². The van der Waals surface area contributed by atoms with Crippen LogP contribution in [0.15, 0.2) is 66.7 Å². The average Bonchev–Trinajstić information content (AvgIpc) is 2.93. The van der Waals surface area contributed by atoms with Crippen LogP contribution >= 0.6 is 0 Å². The first-order chi connectivity index (χ1) is 19.3. The van der Waals surface area contributed by atoms with Crippen LogP contribution in [0.5, 0.6) is 0 Å². The maximum Gasteiger partial charge on any atom is 0.257 e. The van der Waals surface area contributed by atoms with Gasteiger partial charge in [0.1, 0.15) is 23.0 Å². The van der Waals surface area contributed by atoms with E-state index >= 15 is 0 Å². The van der Waals surface area contributed by atoms with Crippen molar-refractivity contribution in [2.24, 2.45) is 0 Å². The van der Waals surface area contributed by atoms with E-state index in [2.05, 4.69) is 10.6 Å². The molecule has 0 saturated heterocycles. The molecule has 2 amide bonds. The second-order valence-corrected chi connectivity index (χ2v) is 10.1. The lowest BCUT2D eigenvalue weighted by Crippen LogP contribution is -2.49. The van der Waals surface area contributed by atoms with Crippen molar-refractivity contribution in [3.8, 4) is 11.1 Å². The van der Waals surface area contributed by atoms with Gasteiger partial charge in [-0.15, -0.1) is 0 Å². The highest BCUT2D eigenvalue weighted by Gasteiger charge is 2.28. The van der Waals surface area contributed by atoms with Crippen molar-refractivity contribution in [2.45, 2.75) is 63.3 Å². The maximum absolute atomic E-state index is 14.2. The van der Waals surface area contributed by atoms with Gasteiger partial charge in [-0.25, -0.2) is 13.2 Å². The Hall–Kier alpha value is -3.69. The molecule has 3 aromatic rings. The predicted octanol–water partition coefficient (Wildman–Crippen LogP) is 5.29. The SMILES string of the molecule is O=C(C[C@H](O)[C@H](COCc1ccc(-c2ccccc2)cc1)NC(=O)c1c(F)cc(F)cc1F)NC1CCCCC1. The van der Waals surface area contributed by atoms with Gasteiger partial charge in [-0.3, -0.25) is 9.59 Å². The first-order valence-electron chi connectivity index (χ1n) is 13.4. The number of nitrogens with one attached hydrogen (secondary N) is 2. The van der Waals surface area contributed by atoms with E-state index in [9.17, 15) is 27.9 Å². The number of carbonyl (C=O) groups is 2. The van der Waals surface area contributed by atoms with Crippen LogP contribution in [0.3, 0.4) is 0 Å². The van der Waals surface area contributed by atoms with E-state index in [4.69, 9.17) is 4.74 Å². The minimum atomic E-state index is -1.40. The molecule has 3 N–H and O–H groups in total. The zero-order valence-corrected chi connectivity index (χ0v) is 22.0. The quantitative estimate of drug-likeness (QED) is 0.301. The van der Waals surface area contributed by atoms with Crippen LogP contribution in [0, 0.1) is 17.5 Å². The second-order valence-electron chi connectivity index (χ2n) is 10.1. The lowest BCUT2D eigenvalue weighted by atomic mass is 9.95. The van der Waals surface area contributed by atoms with Crippen LogP contribution in [0.4, 0.5) is 13.2 Å². The summed E-state index contributed by atoms with van der Waals surface area (Å²) in [7, 11) is 0. The number of halogens is 3. The third kappa shape index (κ3) is 8.16. The molecule has 1 aliphatic carbocycles. The number of hydrogen-bond acceptors (Lipinski definition) is 4. The summed E-state index contributed by atoms with van der Waals surface area (Å²) in [5.74, 6) is -5.50. The first-order valence-corrected chi connectivity index (χ1v) is 13.4. The van der Waals surface area contributed by atoms with Crippen LogP contribution < -0.4 is 10.6 Å². The topological polar surface area (TPSA) is 87.7 Å². The van der Waals surface area contributed by atoms with Gasteiger partial charge in [-0.2, -0.15) is 0 Å². The first kappa shape index (κ1) is 29.3. The molecule has 0 aliphatic heterocycles. The predicted molar refractivity (Wildman–Crippen MR) is 145 cm³/mol. The van der Waals surface area contributed by atoms with E-state index in [0.717, 1.165) is 48.8 Å². The summed E-state index contributed by atoms with van der Waals surface area (Å²) < 4.78 is 47.5. The monoisotopic (exact) mass is 554 g/mol. The summed E-state index contributed by atoms with van der Waals surface area (Å²) in [6.45, 7) is -0.115. The molecule has 0 unspecified atom stereocenters. The van der Waals surface area contributed by atoms with E-state index in [-0.39, 0.29) is 25.7 Å². The number of ether oxygens (including phenoxy) is 1. The zero-order valence-electron chi connectivity index (χ0n) is 22.0. The number of aliphatic hydroxyl groups is 1. The number of aliphatic hydroxyl groups excluding tert-OH is 1. The Bertz CT molecular complexity index is 1260. The van der Waals surface area contributed by atoms with Crippen LogP contribution in [0.1, 0.15) is 54.4 Å². The van der Waals surface area contributed by atoms with E-state index in [1.165, 1.54) is 0 Å². The molecule has 2 atom stereocenters. The van der Waals surface area contributed by atoms with Crippen molar-refractivity contribution < 1.29 is 32.6 Å². The molecule has 1 saturated carbocycles. The zero-order chi connectivity index (χ0) is 28.5. The smallest absolute Gasteiger partial charge is 0.257 e. The van der Waals surface area contributed by atoms with Gasteiger partial charge >= 0.3 is 0 Å². The highest BCUT2D eigenvalue weighted by Crippen LogP contribution is 2.21. The molecule has 9 heteroatoms. The Morgan fingerprint density at radius 3 is 2.17 bits per heavy atom. The van der Waals surface area contributed by atoms with Gasteiger partial charge in [-0.05, 0) is 29.5 Å². The van der Waals surface area contributed by atoms with Crippen molar-refractivity contribution in [3.05, 3.63) is 95.3 Å². The minimum Gasteiger partial charge on any atom is -0.390 e. The molecule has 0 heterocycles. The number of rotatable bonds is 11. The molecule has 3 aromatic carbocycles. The third-order valence-electron chi connectivity index (χ3n) is 7.01.